The first-order valence-electron chi connectivity index (χ1n) is 10.7. The molecule has 2 aliphatic carbocycles. The summed E-state index contributed by atoms with van der Waals surface area (Å²) in [6.45, 7) is 4.44. The van der Waals surface area contributed by atoms with Crippen LogP contribution in [0.5, 0.6) is 5.75 Å². The van der Waals surface area contributed by atoms with E-state index in [1.165, 1.54) is 6.42 Å². The molecular weight excluding hydrogens is 366 g/mol. The molecule has 1 aromatic carbocycles. The van der Waals surface area contributed by atoms with Gasteiger partial charge in [-0.1, -0.05) is 18.6 Å². The number of fused-ring (bicyclic) bond motifs is 1. The number of aromatic nitrogens is 1. The fourth-order valence-electron chi connectivity index (χ4n) is 4.67. The first-order valence-corrected chi connectivity index (χ1v) is 10.7. The molecule has 0 radical (unpaired) electrons. The van der Waals surface area contributed by atoms with E-state index in [1.807, 2.05) is 38.1 Å². The number of carbonyl (C=O) groups excluding carboxylic acids is 2. The Morgan fingerprint density at radius 1 is 1.10 bits per heavy atom. The van der Waals surface area contributed by atoms with E-state index < -0.39 is 0 Å². The Morgan fingerprint density at radius 3 is 2.52 bits per heavy atom. The Morgan fingerprint density at radius 2 is 1.83 bits per heavy atom. The van der Waals surface area contributed by atoms with Crippen LogP contribution in [0, 0.1) is 6.92 Å². The molecule has 1 saturated carbocycles. The lowest BCUT2D eigenvalue weighted by Crippen LogP contribution is -2.21. The van der Waals surface area contributed by atoms with E-state index in [1.54, 1.807) is 0 Å². The number of esters is 1. The topological polar surface area (TPSA) is 68.4 Å². The summed E-state index contributed by atoms with van der Waals surface area (Å²) < 4.78 is 11.2. The van der Waals surface area contributed by atoms with E-state index >= 15 is 0 Å². The number of ether oxygens (including phenoxy) is 2. The van der Waals surface area contributed by atoms with Crippen molar-refractivity contribution in [1.82, 2.24) is 4.98 Å². The molecule has 1 aromatic heterocycles. The van der Waals surface area contributed by atoms with Crippen LogP contribution in [-0.4, -0.2) is 29.4 Å². The molecule has 29 heavy (non-hydrogen) atoms. The van der Waals surface area contributed by atoms with Gasteiger partial charge in [-0.2, -0.15) is 0 Å². The van der Waals surface area contributed by atoms with Gasteiger partial charge < -0.3 is 14.5 Å². The summed E-state index contributed by atoms with van der Waals surface area (Å²) in [4.78, 5) is 28.9. The molecule has 0 spiro atoms. The van der Waals surface area contributed by atoms with Gasteiger partial charge in [-0.3, -0.25) is 4.79 Å². The number of H-pyrrole nitrogens is 1. The van der Waals surface area contributed by atoms with Gasteiger partial charge in [-0.25, -0.2) is 4.79 Å². The van der Waals surface area contributed by atoms with Gasteiger partial charge >= 0.3 is 5.97 Å². The number of nitrogens with one attached hydrogen (secondary N) is 1. The van der Waals surface area contributed by atoms with Crippen LogP contribution in [0.4, 0.5) is 0 Å². The zero-order valence-electron chi connectivity index (χ0n) is 17.3. The number of benzene rings is 1. The van der Waals surface area contributed by atoms with Crippen molar-refractivity contribution in [3.8, 4) is 5.75 Å². The van der Waals surface area contributed by atoms with Crippen molar-refractivity contribution in [1.29, 1.82) is 0 Å². The van der Waals surface area contributed by atoms with Crippen molar-refractivity contribution < 1.29 is 19.1 Å². The van der Waals surface area contributed by atoms with Crippen molar-refractivity contribution >= 4 is 11.8 Å². The molecule has 0 amide bonds. The summed E-state index contributed by atoms with van der Waals surface area (Å²) in [6, 6.07) is 7.96. The summed E-state index contributed by atoms with van der Waals surface area (Å²) in [6.07, 6.45) is 6.48. The average molecular weight is 395 g/mol. The van der Waals surface area contributed by atoms with Gasteiger partial charge in [-0.15, -0.1) is 0 Å². The number of hydrogen-bond donors (Lipinski definition) is 1. The second-order valence-corrected chi connectivity index (χ2v) is 8.17. The zero-order chi connectivity index (χ0) is 20.4. The van der Waals surface area contributed by atoms with Gasteiger partial charge in [0, 0.05) is 17.7 Å². The van der Waals surface area contributed by atoms with E-state index in [4.69, 9.17) is 9.47 Å². The van der Waals surface area contributed by atoms with E-state index in [0.29, 0.717) is 30.7 Å². The Kier molecular flexibility index (Phi) is 5.74. The maximum atomic E-state index is 12.9. The monoisotopic (exact) mass is 395 g/mol. The van der Waals surface area contributed by atoms with Crippen LogP contribution in [0.1, 0.15) is 89.0 Å². The number of ketones is 1. The molecule has 5 nitrogen and oxygen atoms in total. The minimum atomic E-state index is -0.325. The smallest absolute Gasteiger partial charge is 0.355 e. The summed E-state index contributed by atoms with van der Waals surface area (Å²) in [5.74, 6) is 0.707. The summed E-state index contributed by atoms with van der Waals surface area (Å²) in [5.41, 5.74) is 3.83. The van der Waals surface area contributed by atoms with E-state index in [0.717, 1.165) is 48.3 Å². The molecule has 1 atom stereocenters. The van der Waals surface area contributed by atoms with Crippen LogP contribution in [0.2, 0.25) is 0 Å². The first-order chi connectivity index (χ1) is 14.1. The predicted molar refractivity (Wildman–Crippen MR) is 111 cm³/mol. The molecular formula is C24H29NO4. The van der Waals surface area contributed by atoms with Crippen molar-refractivity contribution in [2.75, 3.05) is 6.61 Å². The Bertz CT molecular complexity index is 890. The molecule has 1 fully saturated rings. The molecule has 2 aromatic rings. The highest BCUT2D eigenvalue weighted by molar-refractivity contribution is 6.03. The molecule has 0 aliphatic heterocycles. The molecule has 0 saturated heterocycles. The highest BCUT2D eigenvalue weighted by atomic mass is 16.5. The highest BCUT2D eigenvalue weighted by Crippen LogP contribution is 2.36. The van der Waals surface area contributed by atoms with Crippen molar-refractivity contribution in [3.63, 3.8) is 0 Å². The molecule has 4 rings (SSSR count). The third kappa shape index (κ3) is 4.09. The first kappa shape index (κ1) is 19.7. The fraction of sp³-hybridized carbons (Fsp3) is 0.500. The number of carbonyl (C=O) groups is 2. The lowest BCUT2D eigenvalue weighted by Gasteiger charge is -2.22. The van der Waals surface area contributed by atoms with Gasteiger partial charge in [0.05, 0.1) is 6.61 Å². The minimum absolute atomic E-state index is 0.00304. The van der Waals surface area contributed by atoms with Crippen molar-refractivity contribution in [3.05, 3.63) is 52.3 Å². The second-order valence-electron chi connectivity index (χ2n) is 8.17. The minimum Gasteiger partial charge on any atom is -0.494 e. The molecule has 2 aliphatic rings. The molecule has 5 heteroatoms. The lowest BCUT2D eigenvalue weighted by atomic mass is 9.81. The Labute approximate surface area is 171 Å². The van der Waals surface area contributed by atoms with Gasteiger partial charge in [-0.05, 0) is 75.1 Å². The molecule has 154 valence electrons. The summed E-state index contributed by atoms with van der Waals surface area (Å²) in [7, 11) is 0. The van der Waals surface area contributed by atoms with Crippen LogP contribution >= 0.6 is 0 Å². The summed E-state index contributed by atoms with van der Waals surface area (Å²) >= 11 is 0. The predicted octanol–water partition coefficient (Wildman–Crippen LogP) is 5.12. The average Bonchev–Trinajstić information content (AvgIpc) is 3.06. The Balaban J connectivity index is 1.52. The quantitative estimate of drug-likeness (QED) is 0.713. The van der Waals surface area contributed by atoms with Crippen LogP contribution in [-0.2, 0) is 11.2 Å². The van der Waals surface area contributed by atoms with Crippen LogP contribution in [0.25, 0.3) is 0 Å². The maximum absolute atomic E-state index is 12.9. The zero-order valence-corrected chi connectivity index (χ0v) is 17.3. The standard InChI is InChI=1S/C24H29NO4/c1-3-28-18-11-9-16(10-12-18)17-13-20-22(21(26)14-17)15(2)23(25-20)24(27)29-19-7-5-4-6-8-19/h9-12,17,19,25H,3-8,13-14H2,1-2H3. The normalized spacial score (nSPS) is 19.7. The van der Waals surface area contributed by atoms with Crippen LogP contribution in [0.15, 0.2) is 24.3 Å². The fourth-order valence-corrected chi connectivity index (χ4v) is 4.67. The highest BCUT2D eigenvalue weighted by Gasteiger charge is 2.33. The molecule has 1 N–H and O–H groups in total. The summed E-state index contributed by atoms with van der Waals surface area (Å²) in [5, 5.41) is 0. The maximum Gasteiger partial charge on any atom is 0.355 e. The van der Waals surface area contributed by atoms with Gasteiger partial charge in [0.1, 0.15) is 17.5 Å². The third-order valence-corrected chi connectivity index (χ3v) is 6.18. The van der Waals surface area contributed by atoms with Crippen LogP contribution < -0.4 is 4.74 Å². The van der Waals surface area contributed by atoms with E-state index in [-0.39, 0.29) is 23.8 Å². The van der Waals surface area contributed by atoms with Gasteiger partial charge in [0.2, 0.25) is 0 Å². The molecule has 0 bridgehead atoms. The number of aromatic amines is 1. The lowest BCUT2D eigenvalue weighted by molar-refractivity contribution is 0.0204. The van der Waals surface area contributed by atoms with Crippen molar-refractivity contribution in [2.45, 2.75) is 70.8 Å². The molecule has 1 heterocycles. The van der Waals surface area contributed by atoms with Crippen molar-refractivity contribution in [2.24, 2.45) is 0 Å². The number of Topliss-reactive ketones (excluding diaryl/α,β-unsaturated/α-hetero) is 1. The number of rotatable bonds is 5. The van der Waals surface area contributed by atoms with E-state index in [2.05, 4.69) is 4.98 Å². The third-order valence-electron chi connectivity index (χ3n) is 6.18. The number of hydrogen-bond acceptors (Lipinski definition) is 4. The van der Waals surface area contributed by atoms with Gasteiger partial charge in [0.25, 0.3) is 0 Å². The van der Waals surface area contributed by atoms with E-state index in [9.17, 15) is 9.59 Å². The van der Waals surface area contributed by atoms with Gasteiger partial charge in [0.15, 0.2) is 5.78 Å². The largest absolute Gasteiger partial charge is 0.494 e. The second kappa shape index (κ2) is 8.44. The SMILES string of the molecule is CCOc1ccc(C2CC(=O)c3c([nH]c(C(=O)OC4CCCCC4)c3C)C2)cc1. The Hall–Kier alpha value is -2.56. The molecule has 1 unspecified atom stereocenters. The van der Waals surface area contributed by atoms with Crippen LogP contribution in [0.3, 0.4) is 0 Å².